The molecule has 0 spiro atoms. The van der Waals surface area contributed by atoms with Crippen molar-refractivity contribution in [1.29, 1.82) is 0 Å². The van der Waals surface area contributed by atoms with Crippen molar-refractivity contribution in [1.82, 2.24) is 10.0 Å². The Kier molecular flexibility index (Phi) is 7.53. The highest BCUT2D eigenvalue weighted by atomic mass is 32.2. The first-order valence-electron chi connectivity index (χ1n) is 9.97. The summed E-state index contributed by atoms with van der Waals surface area (Å²) in [6, 6.07) is 21.3. The summed E-state index contributed by atoms with van der Waals surface area (Å²) in [5, 5.41) is 12.8. The van der Waals surface area contributed by atoms with Gasteiger partial charge in [-0.2, -0.15) is 0 Å². The van der Waals surface area contributed by atoms with E-state index in [0.29, 0.717) is 22.3 Å². The van der Waals surface area contributed by atoms with Crippen molar-refractivity contribution in [3.63, 3.8) is 0 Å². The van der Waals surface area contributed by atoms with Gasteiger partial charge in [-0.05, 0) is 42.3 Å². The lowest BCUT2D eigenvalue weighted by atomic mass is 10.1. The summed E-state index contributed by atoms with van der Waals surface area (Å²) < 4.78 is 27.4. The molecule has 0 bridgehead atoms. The van der Waals surface area contributed by atoms with E-state index in [9.17, 15) is 23.1 Å². The first kappa shape index (κ1) is 23.3. The molecule has 0 aliphatic carbocycles. The number of Topliss-reactive ketones (excluding diaryl/α,β-unsaturated/α-hetero) is 1. The van der Waals surface area contributed by atoms with Crippen LogP contribution in [-0.4, -0.2) is 31.8 Å². The van der Waals surface area contributed by atoms with Crippen LogP contribution in [0.3, 0.4) is 0 Å². The lowest BCUT2D eigenvalue weighted by Gasteiger charge is -2.12. The molecule has 3 rings (SSSR count). The van der Waals surface area contributed by atoms with E-state index < -0.39 is 16.1 Å². The number of carbonyl (C=O) groups is 2. The number of carbonyl (C=O) groups excluding carboxylic acids is 2. The topological polar surface area (TPSA) is 113 Å². The standard InChI is InChI=1S/C24H24N2O5S/c1-17(27)19-11-13-22(14-12-19)32(30,31)26-15-18-7-9-21(10-8-18)24(29)25-16-23(28)20-5-3-2-4-6-20/h2-14,23,26,28H,15-16H2,1H3,(H,25,29). The van der Waals surface area contributed by atoms with Crippen LogP contribution in [0, 0.1) is 0 Å². The molecule has 8 heteroatoms. The molecule has 0 aromatic heterocycles. The van der Waals surface area contributed by atoms with Gasteiger partial charge in [-0.3, -0.25) is 9.59 Å². The van der Waals surface area contributed by atoms with Gasteiger partial charge in [-0.1, -0.05) is 54.6 Å². The van der Waals surface area contributed by atoms with Crippen LogP contribution in [0.4, 0.5) is 0 Å². The number of aliphatic hydroxyl groups is 1. The molecule has 1 amide bonds. The predicted octanol–water partition coefficient (Wildman–Crippen LogP) is 2.83. The van der Waals surface area contributed by atoms with Gasteiger partial charge in [0, 0.05) is 24.2 Å². The van der Waals surface area contributed by atoms with Crippen LogP contribution in [0.25, 0.3) is 0 Å². The minimum atomic E-state index is -3.74. The van der Waals surface area contributed by atoms with E-state index in [2.05, 4.69) is 10.0 Å². The second-order valence-electron chi connectivity index (χ2n) is 7.24. The van der Waals surface area contributed by atoms with Crippen molar-refractivity contribution in [2.24, 2.45) is 0 Å². The fourth-order valence-electron chi connectivity index (χ4n) is 2.99. The largest absolute Gasteiger partial charge is 0.387 e. The van der Waals surface area contributed by atoms with Crippen LogP contribution >= 0.6 is 0 Å². The predicted molar refractivity (Wildman–Crippen MR) is 121 cm³/mol. The average Bonchev–Trinajstić information content (AvgIpc) is 2.82. The van der Waals surface area contributed by atoms with Gasteiger partial charge >= 0.3 is 0 Å². The molecule has 3 aromatic carbocycles. The zero-order valence-corrected chi connectivity index (χ0v) is 18.3. The number of hydrogen-bond acceptors (Lipinski definition) is 5. The summed E-state index contributed by atoms with van der Waals surface area (Å²) in [6.45, 7) is 1.54. The highest BCUT2D eigenvalue weighted by Crippen LogP contribution is 2.13. The fourth-order valence-corrected chi connectivity index (χ4v) is 4.01. The van der Waals surface area contributed by atoms with E-state index in [1.165, 1.54) is 31.2 Å². The molecule has 3 aromatic rings. The summed E-state index contributed by atoms with van der Waals surface area (Å²) >= 11 is 0. The summed E-state index contributed by atoms with van der Waals surface area (Å²) in [6.07, 6.45) is -0.807. The molecule has 3 N–H and O–H groups in total. The Morgan fingerprint density at radius 1 is 0.875 bits per heavy atom. The van der Waals surface area contributed by atoms with Gasteiger partial charge in [-0.15, -0.1) is 0 Å². The molecular weight excluding hydrogens is 428 g/mol. The number of rotatable bonds is 9. The second kappa shape index (κ2) is 10.3. The van der Waals surface area contributed by atoms with E-state index in [1.54, 1.807) is 36.4 Å². The SMILES string of the molecule is CC(=O)c1ccc(S(=O)(=O)NCc2ccc(C(=O)NCC(O)c3ccccc3)cc2)cc1. The Bertz CT molecular complexity index is 1180. The Balaban J connectivity index is 1.54. The summed E-state index contributed by atoms with van der Waals surface area (Å²) in [7, 11) is -3.74. The summed E-state index contributed by atoms with van der Waals surface area (Å²) in [5.41, 5.74) is 2.23. The molecule has 7 nitrogen and oxygen atoms in total. The molecule has 1 unspecified atom stereocenters. The van der Waals surface area contributed by atoms with Gasteiger partial charge in [0.05, 0.1) is 11.0 Å². The number of nitrogens with one attached hydrogen (secondary N) is 2. The zero-order chi connectivity index (χ0) is 23.1. The Morgan fingerprint density at radius 3 is 2.06 bits per heavy atom. The van der Waals surface area contributed by atoms with Gasteiger partial charge < -0.3 is 10.4 Å². The van der Waals surface area contributed by atoms with E-state index >= 15 is 0 Å². The van der Waals surface area contributed by atoms with Crippen LogP contribution in [0.15, 0.2) is 83.8 Å². The molecule has 0 fully saturated rings. The van der Waals surface area contributed by atoms with Crippen molar-refractivity contribution in [3.8, 4) is 0 Å². The molecule has 0 aliphatic heterocycles. The number of ketones is 1. The van der Waals surface area contributed by atoms with Crippen molar-refractivity contribution >= 4 is 21.7 Å². The normalized spacial score (nSPS) is 12.2. The molecule has 0 radical (unpaired) electrons. The monoisotopic (exact) mass is 452 g/mol. The van der Waals surface area contributed by atoms with Crippen LogP contribution in [0.5, 0.6) is 0 Å². The minimum absolute atomic E-state index is 0.0470. The molecule has 0 saturated heterocycles. The first-order chi connectivity index (χ1) is 15.3. The van der Waals surface area contributed by atoms with Gasteiger partial charge in [0.15, 0.2) is 5.78 Å². The third-order valence-electron chi connectivity index (χ3n) is 4.89. The van der Waals surface area contributed by atoms with Gasteiger partial charge in [0.2, 0.25) is 10.0 Å². The van der Waals surface area contributed by atoms with Crippen LogP contribution in [-0.2, 0) is 16.6 Å². The maximum Gasteiger partial charge on any atom is 0.251 e. The van der Waals surface area contributed by atoms with E-state index in [-0.39, 0.29) is 29.7 Å². The van der Waals surface area contributed by atoms with Crippen molar-refractivity contribution in [3.05, 3.63) is 101 Å². The van der Waals surface area contributed by atoms with Crippen LogP contribution in [0.1, 0.15) is 44.9 Å². The summed E-state index contributed by atoms with van der Waals surface area (Å²) in [4.78, 5) is 23.7. The third-order valence-corrected chi connectivity index (χ3v) is 6.31. The van der Waals surface area contributed by atoms with Crippen molar-refractivity contribution < 1.29 is 23.1 Å². The molecule has 1 atom stereocenters. The smallest absolute Gasteiger partial charge is 0.251 e. The van der Waals surface area contributed by atoms with Crippen LogP contribution < -0.4 is 10.0 Å². The van der Waals surface area contributed by atoms with Gasteiger partial charge in [-0.25, -0.2) is 13.1 Å². The number of benzene rings is 3. The number of sulfonamides is 1. The molecule has 0 heterocycles. The third kappa shape index (κ3) is 6.10. The zero-order valence-electron chi connectivity index (χ0n) is 17.5. The van der Waals surface area contributed by atoms with E-state index in [0.717, 1.165) is 0 Å². The van der Waals surface area contributed by atoms with Gasteiger partial charge in [0.1, 0.15) is 0 Å². The fraction of sp³-hybridized carbons (Fsp3) is 0.167. The van der Waals surface area contributed by atoms with Crippen LogP contribution in [0.2, 0.25) is 0 Å². The quantitative estimate of drug-likeness (QED) is 0.432. The summed E-state index contributed by atoms with van der Waals surface area (Å²) in [5.74, 6) is -0.474. The molecule has 166 valence electrons. The first-order valence-corrected chi connectivity index (χ1v) is 11.5. The maximum absolute atomic E-state index is 12.4. The Labute approximate surface area is 187 Å². The van der Waals surface area contributed by atoms with E-state index in [4.69, 9.17) is 0 Å². The van der Waals surface area contributed by atoms with Gasteiger partial charge in [0.25, 0.3) is 5.91 Å². The maximum atomic E-state index is 12.4. The lowest BCUT2D eigenvalue weighted by molar-refractivity contribution is 0.0916. The highest BCUT2D eigenvalue weighted by Gasteiger charge is 2.15. The molecule has 0 saturated carbocycles. The molecular formula is C24H24N2O5S. The average molecular weight is 453 g/mol. The van der Waals surface area contributed by atoms with E-state index in [1.807, 2.05) is 18.2 Å². The second-order valence-corrected chi connectivity index (χ2v) is 9.01. The lowest BCUT2D eigenvalue weighted by Crippen LogP contribution is -2.28. The molecule has 32 heavy (non-hydrogen) atoms. The van der Waals surface area contributed by atoms with Crippen molar-refractivity contribution in [2.75, 3.05) is 6.54 Å². The molecule has 0 aliphatic rings. The number of amides is 1. The highest BCUT2D eigenvalue weighted by molar-refractivity contribution is 7.89. The Morgan fingerprint density at radius 2 is 1.47 bits per heavy atom. The minimum Gasteiger partial charge on any atom is -0.387 e. The van der Waals surface area contributed by atoms with Crippen molar-refractivity contribution in [2.45, 2.75) is 24.5 Å². The number of aliphatic hydroxyl groups excluding tert-OH is 1. The number of hydrogen-bond donors (Lipinski definition) is 3. The Hall–Kier alpha value is -3.33.